The van der Waals surface area contributed by atoms with Crippen LogP contribution in [0.2, 0.25) is 0 Å². The third-order valence-corrected chi connectivity index (χ3v) is 3.68. The molecule has 6 heteroatoms. The molecule has 0 spiro atoms. The Morgan fingerprint density at radius 3 is 3.12 bits per heavy atom. The average molecular weight is 241 g/mol. The fraction of sp³-hybridized carbons (Fsp3) is 0.600. The molecular weight excluding hydrogens is 226 g/mol. The molecule has 5 nitrogen and oxygen atoms in total. The number of nitrogens with zero attached hydrogens (tertiary/aromatic N) is 2. The van der Waals surface area contributed by atoms with Gasteiger partial charge in [0.1, 0.15) is 0 Å². The Morgan fingerprint density at radius 2 is 2.50 bits per heavy atom. The summed E-state index contributed by atoms with van der Waals surface area (Å²) in [5.74, 6) is 0. The fourth-order valence-electron chi connectivity index (χ4n) is 1.93. The second kappa shape index (κ2) is 4.90. The van der Waals surface area contributed by atoms with E-state index in [1.54, 1.807) is 6.07 Å². The van der Waals surface area contributed by atoms with Crippen LogP contribution in [0.1, 0.15) is 11.8 Å². The molecule has 1 unspecified atom stereocenters. The molecule has 88 valence electrons. The Bertz CT molecular complexity index is 380. The van der Waals surface area contributed by atoms with E-state index in [0.717, 1.165) is 31.1 Å². The molecular formula is C10H15N3O2S. The first-order chi connectivity index (χ1) is 7.65. The van der Waals surface area contributed by atoms with E-state index in [0.29, 0.717) is 6.04 Å². The van der Waals surface area contributed by atoms with Gasteiger partial charge in [-0.25, -0.2) is 0 Å². The van der Waals surface area contributed by atoms with Gasteiger partial charge in [-0.15, -0.1) is 0 Å². The number of piperazine rings is 1. The first-order valence-corrected chi connectivity index (χ1v) is 6.15. The van der Waals surface area contributed by atoms with Crippen LogP contribution in [-0.2, 0) is 6.54 Å². The lowest BCUT2D eigenvalue weighted by atomic mass is 10.2. The van der Waals surface area contributed by atoms with Gasteiger partial charge in [-0.1, -0.05) is 11.3 Å². The van der Waals surface area contributed by atoms with Crippen molar-refractivity contribution in [2.45, 2.75) is 19.5 Å². The SMILES string of the molecule is CC1CN(Cc2ccc([N+](=O)[O-])s2)CCN1. The highest BCUT2D eigenvalue weighted by atomic mass is 32.1. The minimum Gasteiger partial charge on any atom is -0.312 e. The summed E-state index contributed by atoms with van der Waals surface area (Å²) in [5.41, 5.74) is 0. The molecule has 1 aromatic heterocycles. The first-order valence-electron chi connectivity index (χ1n) is 5.34. The van der Waals surface area contributed by atoms with Gasteiger partial charge in [0.25, 0.3) is 0 Å². The molecule has 1 atom stereocenters. The van der Waals surface area contributed by atoms with Crippen LogP contribution in [-0.4, -0.2) is 35.5 Å². The van der Waals surface area contributed by atoms with Crippen molar-refractivity contribution >= 4 is 16.3 Å². The molecule has 1 fully saturated rings. The Morgan fingerprint density at radius 1 is 1.69 bits per heavy atom. The number of thiophene rings is 1. The molecule has 1 aliphatic heterocycles. The third-order valence-electron chi connectivity index (χ3n) is 2.66. The smallest absolute Gasteiger partial charge is 0.312 e. The van der Waals surface area contributed by atoms with Gasteiger partial charge in [-0.3, -0.25) is 15.0 Å². The molecule has 1 aromatic rings. The van der Waals surface area contributed by atoms with Crippen molar-refractivity contribution < 1.29 is 4.92 Å². The molecule has 1 aliphatic rings. The predicted molar refractivity (Wildman–Crippen MR) is 63.7 cm³/mol. The Balaban J connectivity index is 1.95. The van der Waals surface area contributed by atoms with Gasteiger partial charge in [-0.2, -0.15) is 0 Å². The Kier molecular flexibility index (Phi) is 3.52. The van der Waals surface area contributed by atoms with Crippen molar-refractivity contribution in [2.24, 2.45) is 0 Å². The molecule has 2 heterocycles. The van der Waals surface area contributed by atoms with Crippen molar-refractivity contribution in [2.75, 3.05) is 19.6 Å². The maximum absolute atomic E-state index is 10.6. The summed E-state index contributed by atoms with van der Waals surface area (Å²) in [6, 6.07) is 3.95. The van der Waals surface area contributed by atoms with Crippen molar-refractivity contribution in [3.05, 3.63) is 27.1 Å². The molecule has 0 amide bonds. The third kappa shape index (κ3) is 2.78. The fourth-order valence-corrected chi connectivity index (χ4v) is 2.79. The van der Waals surface area contributed by atoms with Crippen LogP contribution in [0.15, 0.2) is 12.1 Å². The summed E-state index contributed by atoms with van der Waals surface area (Å²) >= 11 is 1.27. The van der Waals surface area contributed by atoms with E-state index in [1.807, 2.05) is 6.07 Å². The van der Waals surface area contributed by atoms with Gasteiger partial charge in [0.05, 0.1) is 4.92 Å². The van der Waals surface area contributed by atoms with Crippen LogP contribution in [0.3, 0.4) is 0 Å². The number of hydrogen-bond acceptors (Lipinski definition) is 5. The second-order valence-electron chi connectivity index (χ2n) is 4.09. The lowest BCUT2D eigenvalue weighted by Gasteiger charge is -2.31. The molecule has 0 aliphatic carbocycles. The van der Waals surface area contributed by atoms with Gasteiger partial charge in [0.15, 0.2) is 0 Å². The molecule has 0 radical (unpaired) electrons. The molecule has 2 rings (SSSR count). The van der Waals surface area contributed by atoms with Crippen molar-refractivity contribution in [1.29, 1.82) is 0 Å². The molecule has 16 heavy (non-hydrogen) atoms. The van der Waals surface area contributed by atoms with Crippen LogP contribution >= 0.6 is 11.3 Å². The molecule has 0 aromatic carbocycles. The minimum atomic E-state index is -0.325. The van der Waals surface area contributed by atoms with Crippen LogP contribution in [0.4, 0.5) is 5.00 Å². The minimum absolute atomic E-state index is 0.234. The van der Waals surface area contributed by atoms with Gasteiger partial charge in [0, 0.05) is 43.2 Å². The van der Waals surface area contributed by atoms with Gasteiger partial charge < -0.3 is 5.32 Å². The predicted octanol–water partition coefficient (Wildman–Crippen LogP) is 1.45. The maximum atomic E-state index is 10.6. The standard InChI is InChI=1S/C10H15N3O2S/c1-8-6-12(5-4-11-8)7-9-2-3-10(16-9)13(14)15/h2-3,8,11H,4-7H2,1H3. The summed E-state index contributed by atoms with van der Waals surface area (Å²) < 4.78 is 0. The zero-order chi connectivity index (χ0) is 11.5. The zero-order valence-electron chi connectivity index (χ0n) is 9.18. The monoisotopic (exact) mass is 241 g/mol. The average Bonchev–Trinajstić information content (AvgIpc) is 2.66. The van der Waals surface area contributed by atoms with E-state index in [4.69, 9.17) is 0 Å². The van der Waals surface area contributed by atoms with Gasteiger partial charge in [0.2, 0.25) is 0 Å². The van der Waals surface area contributed by atoms with Gasteiger partial charge >= 0.3 is 5.00 Å². The molecule has 0 saturated carbocycles. The van der Waals surface area contributed by atoms with Crippen molar-refractivity contribution in [3.8, 4) is 0 Å². The Labute approximate surface area is 98.2 Å². The van der Waals surface area contributed by atoms with E-state index in [-0.39, 0.29) is 9.92 Å². The first kappa shape index (κ1) is 11.5. The summed E-state index contributed by atoms with van der Waals surface area (Å²) in [4.78, 5) is 13.6. The van der Waals surface area contributed by atoms with E-state index in [1.165, 1.54) is 11.3 Å². The summed E-state index contributed by atoms with van der Waals surface area (Å²) in [7, 11) is 0. The van der Waals surface area contributed by atoms with Crippen molar-refractivity contribution in [1.82, 2.24) is 10.2 Å². The lowest BCUT2D eigenvalue weighted by Crippen LogP contribution is -2.48. The lowest BCUT2D eigenvalue weighted by molar-refractivity contribution is -0.380. The highest BCUT2D eigenvalue weighted by molar-refractivity contribution is 7.15. The second-order valence-corrected chi connectivity index (χ2v) is 5.23. The normalized spacial score (nSPS) is 22.2. The number of hydrogen-bond donors (Lipinski definition) is 1. The van der Waals surface area contributed by atoms with E-state index in [9.17, 15) is 10.1 Å². The number of nitro groups is 1. The molecule has 1 saturated heterocycles. The summed E-state index contributed by atoms with van der Waals surface area (Å²) in [6.45, 7) is 5.99. The quantitative estimate of drug-likeness (QED) is 0.643. The molecule has 0 bridgehead atoms. The summed E-state index contributed by atoms with van der Waals surface area (Å²) in [6.07, 6.45) is 0. The van der Waals surface area contributed by atoms with Gasteiger partial charge in [-0.05, 0) is 13.0 Å². The van der Waals surface area contributed by atoms with E-state index < -0.39 is 0 Å². The largest absolute Gasteiger partial charge is 0.324 e. The van der Waals surface area contributed by atoms with Crippen LogP contribution < -0.4 is 5.32 Å². The highest BCUT2D eigenvalue weighted by Gasteiger charge is 2.17. The van der Waals surface area contributed by atoms with Crippen LogP contribution in [0.25, 0.3) is 0 Å². The number of rotatable bonds is 3. The topological polar surface area (TPSA) is 58.4 Å². The van der Waals surface area contributed by atoms with E-state index in [2.05, 4.69) is 17.1 Å². The molecule has 1 N–H and O–H groups in total. The van der Waals surface area contributed by atoms with Crippen LogP contribution in [0, 0.1) is 10.1 Å². The highest BCUT2D eigenvalue weighted by Crippen LogP contribution is 2.25. The van der Waals surface area contributed by atoms with Crippen LogP contribution in [0.5, 0.6) is 0 Å². The zero-order valence-corrected chi connectivity index (χ0v) is 10.00. The van der Waals surface area contributed by atoms with Crippen molar-refractivity contribution in [3.63, 3.8) is 0 Å². The van der Waals surface area contributed by atoms with E-state index >= 15 is 0 Å². The summed E-state index contributed by atoms with van der Waals surface area (Å²) in [5, 5.41) is 14.2. The Hall–Kier alpha value is -0.980. The number of nitrogens with one attached hydrogen (secondary N) is 1. The maximum Gasteiger partial charge on any atom is 0.324 e.